The standard InChI is InChI=1S/C36H31N/c1-3-9-26(10-4-1)27-13-18-30(19-14-27)37-31-20-15-28(16-21-31)29-17-22-33-32-11-5-6-12-34(32)36(35(33)25-29)23-7-2-8-24-36/h1,3-6,9-22,25,37H,2,7-8,23-24H2. The molecule has 0 amide bonds. The summed E-state index contributed by atoms with van der Waals surface area (Å²) >= 11 is 0. The summed E-state index contributed by atoms with van der Waals surface area (Å²) in [5, 5.41) is 3.56. The van der Waals surface area contributed by atoms with Crippen molar-refractivity contribution in [2.75, 3.05) is 5.32 Å². The Balaban J connectivity index is 1.15. The summed E-state index contributed by atoms with van der Waals surface area (Å²) < 4.78 is 0. The van der Waals surface area contributed by atoms with E-state index in [0.29, 0.717) is 0 Å². The Labute approximate surface area is 219 Å². The van der Waals surface area contributed by atoms with Crippen LogP contribution in [0.4, 0.5) is 11.4 Å². The van der Waals surface area contributed by atoms with E-state index in [1.54, 1.807) is 11.1 Å². The van der Waals surface area contributed by atoms with E-state index in [1.165, 1.54) is 65.5 Å². The van der Waals surface area contributed by atoms with Crippen molar-refractivity contribution in [3.8, 4) is 33.4 Å². The highest BCUT2D eigenvalue weighted by Crippen LogP contribution is 2.56. The van der Waals surface area contributed by atoms with Crippen LogP contribution >= 0.6 is 0 Å². The van der Waals surface area contributed by atoms with E-state index in [-0.39, 0.29) is 5.41 Å². The zero-order chi connectivity index (χ0) is 24.7. The first kappa shape index (κ1) is 22.1. The van der Waals surface area contributed by atoms with Crippen molar-refractivity contribution in [2.45, 2.75) is 37.5 Å². The molecule has 0 bridgehead atoms. The lowest BCUT2D eigenvalue weighted by Crippen LogP contribution is -2.28. The van der Waals surface area contributed by atoms with Crippen LogP contribution < -0.4 is 5.32 Å². The van der Waals surface area contributed by atoms with Crippen molar-refractivity contribution in [3.05, 3.63) is 132 Å². The maximum absolute atomic E-state index is 3.56. The average Bonchev–Trinajstić information content (AvgIpc) is 3.23. The molecule has 37 heavy (non-hydrogen) atoms. The highest BCUT2D eigenvalue weighted by molar-refractivity contribution is 5.84. The lowest BCUT2D eigenvalue weighted by Gasteiger charge is -2.36. The molecule has 1 N–H and O–H groups in total. The molecule has 0 aromatic heterocycles. The monoisotopic (exact) mass is 477 g/mol. The number of fused-ring (bicyclic) bond motifs is 5. The van der Waals surface area contributed by atoms with E-state index >= 15 is 0 Å². The van der Waals surface area contributed by atoms with Gasteiger partial charge in [0.2, 0.25) is 0 Å². The minimum Gasteiger partial charge on any atom is -0.356 e. The van der Waals surface area contributed by atoms with Crippen LogP contribution in [0.3, 0.4) is 0 Å². The fourth-order valence-electron chi connectivity index (χ4n) is 6.62. The van der Waals surface area contributed by atoms with Crippen LogP contribution in [0.5, 0.6) is 0 Å². The van der Waals surface area contributed by atoms with Crippen LogP contribution in [-0.2, 0) is 5.41 Å². The van der Waals surface area contributed by atoms with Gasteiger partial charge in [0.15, 0.2) is 0 Å². The molecule has 1 nitrogen and oxygen atoms in total. The zero-order valence-corrected chi connectivity index (χ0v) is 21.1. The molecular formula is C36H31N. The molecule has 2 aliphatic rings. The molecule has 1 fully saturated rings. The molecule has 0 atom stereocenters. The Kier molecular flexibility index (Phi) is 5.43. The van der Waals surface area contributed by atoms with Gasteiger partial charge >= 0.3 is 0 Å². The van der Waals surface area contributed by atoms with Crippen molar-refractivity contribution < 1.29 is 0 Å². The van der Waals surface area contributed by atoms with Crippen molar-refractivity contribution in [2.24, 2.45) is 0 Å². The Bertz CT molecular complexity index is 1540. The van der Waals surface area contributed by atoms with Crippen LogP contribution in [0.25, 0.3) is 33.4 Å². The summed E-state index contributed by atoms with van der Waals surface area (Å²) in [7, 11) is 0. The highest BCUT2D eigenvalue weighted by Gasteiger charge is 2.43. The second-order valence-corrected chi connectivity index (χ2v) is 10.6. The Morgan fingerprint density at radius 1 is 0.432 bits per heavy atom. The van der Waals surface area contributed by atoms with Gasteiger partial charge in [-0.2, -0.15) is 0 Å². The van der Waals surface area contributed by atoms with Gasteiger partial charge in [0.25, 0.3) is 0 Å². The predicted octanol–water partition coefficient (Wildman–Crippen LogP) is 9.99. The van der Waals surface area contributed by atoms with E-state index in [1.807, 2.05) is 0 Å². The predicted molar refractivity (Wildman–Crippen MR) is 156 cm³/mol. The Morgan fingerprint density at radius 3 is 1.68 bits per heavy atom. The van der Waals surface area contributed by atoms with E-state index < -0.39 is 0 Å². The van der Waals surface area contributed by atoms with Crippen LogP contribution in [0.2, 0.25) is 0 Å². The lowest BCUT2D eigenvalue weighted by atomic mass is 9.67. The van der Waals surface area contributed by atoms with Gasteiger partial charge in [-0.05, 0) is 87.7 Å². The van der Waals surface area contributed by atoms with E-state index in [2.05, 4.69) is 127 Å². The van der Waals surface area contributed by atoms with E-state index in [9.17, 15) is 0 Å². The van der Waals surface area contributed by atoms with Crippen molar-refractivity contribution in [3.63, 3.8) is 0 Å². The summed E-state index contributed by atoms with van der Waals surface area (Å²) in [4.78, 5) is 0. The minimum absolute atomic E-state index is 0.202. The molecule has 0 radical (unpaired) electrons. The lowest BCUT2D eigenvalue weighted by molar-refractivity contribution is 0.353. The maximum atomic E-state index is 3.56. The van der Waals surface area contributed by atoms with E-state index in [0.717, 1.165) is 11.4 Å². The van der Waals surface area contributed by atoms with Crippen molar-refractivity contribution >= 4 is 11.4 Å². The smallest absolute Gasteiger partial charge is 0.0384 e. The van der Waals surface area contributed by atoms with Crippen LogP contribution in [0.1, 0.15) is 43.2 Å². The molecule has 2 aliphatic carbocycles. The summed E-state index contributed by atoms with van der Waals surface area (Å²) in [6, 6.07) is 44.3. The van der Waals surface area contributed by atoms with Gasteiger partial charge in [-0.1, -0.05) is 110 Å². The normalized spacial score (nSPS) is 15.2. The van der Waals surface area contributed by atoms with Gasteiger partial charge in [0.1, 0.15) is 0 Å². The quantitative estimate of drug-likeness (QED) is 0.271. The third kappa shape index (κ3) is 3.86. The third-order valence-electron chi connectivity index (χ3n) is 8.47. The molecule has 0 saturated heterocycles. The maximum Gasteiger partial charge on any atom is 0.0384 e. The fourth-order valence-corrected chi connectivity index (χ4v) is 6.62. The SMILES string of the molecule is c1ccc(-c2ccc(Nc3ccc(-c4ccc5c(c4)C4(CCCCC4)c4ccccc4-5)cc3)cc2)cc1. The fraction of sp³-hybridized carbons (Fsp3) is 0.167. The molecule has 5 aromatic rings. The second kappa shape index (κ2) is 9.09. The van der Waals surface area contributed by atoms with Gasteiger partial charge in [0.05, 0.1) is 0 Å². The molecule has 1 saturated carbocycles. The largest absolute Gasteiger partial charge is 0.356 e. The number of anilines is 2. The molecule has 0 heterocycles. The Hall–Kier alpha value is -4.10. The molecule has 1 heteroatoms. The average molecular weight is 478 g/mol. The number of hydrogen-bond donors (Lipinski definition) is 1. The topological polar surface area (TPSA) is 12.0 Å². The van der Waals surface area contributed by atoms with Gasteiger partial charge in [-0.25, -0.2) is 0 Å². The summed E-state index contributed by atoms with van der Waals surface area (Å²) in [5.74, 6) is 0. The third-order valence-corrected chi connectivity index (χ3v) is 8.47. The number of hydrogen-bond acceptors (Lipinski definition) is 1. The molecule has 5 aromatic carbocycles. The summed E-state index contributed by atoms with van der Waals surface area (Å²) in [5.41, 5.74) is 13.5. The summed E-state index contributed by atoms with van der Waals surface area (Å²) in [6.45, 7) is 0. The van der Waals surface area contributed by atoms with Crippen LogP contribution in [0, 0.1) is 0 Å². The number of benzene rings is 5. The van der Waals surface area contributed by atoms with Gasteiger partial charge < -0.3 is 5.32 Å². The second-order valence-electron chi connectivity index (χ2n) is 10.6. The number of rotatable bonds is 4. The van der Waals surface area contributed by atoms with Gasteiger partial charge in [-0.3, -0.25) is 0 Å². The van der Waals surface area contributed by atoms with E-state index in [4.69, 9.17) is 0 Å². The molecule has 1 spiro atoms. The molecule has 0 aliphatic heterocycles. The zero-order valence-electron chi connectivity index (χ0n) is 21.1. The summed E-state index contributed by atoms with van der Waals surface area (Å²) in [6.07, 6.45) is 6.55. The van der Waals surface area contributed by atoms with Crippen LogP contribution in [-0.4, -0.2) is 0 Å². The molecule has 0 unspecified atom stereocenters. The first-order chi connectivity index (χ1) is 18.3. The minimum atomic E-state index is 0.202. The molecule has 180 valence electrons. The van der Waals surface area contributed by atoms with Gasteiger partial charge in [0, 0.05) is 16.8 Å². The van der Waals surface area contributed by atoms with Crippen molar-refractivity contribution in [1.82, 2.24) is 0 Å². The first-order valence-electron chi connectivity index (χ1n) is 13.6. The molecular weight excluding hydrogens is 446 g/mol. The van der Waals surface area contributed by atoms with Crippen LogP contribution in [0.15, 0.2) is 121 Å². The van der Waals surface area contributed by atoms with Gasteiger partial charge in [-0.15, -0.1) is 0 Å². The molecule has 7 rings (SSSR count). The number of nitrogens with one attached hydrogen (secondary N) is 1. The first-order valence-corrected chi connectivity index (χ1v) is 13.6. The Morgan fingerprint density at radius 2 is 0.973 bits per heavy atom. The van der Waals surface area contributed by atoms with Crippen molar-refractivity contribution in [1.29, 1.82) is 0 Å². The highest BCUT2D eigenvalue weighted by atomic mass is 14.9.